The second-order valence-corrected chi connectivity index (χ2v) is 8.27. The van der Waals surface area contributed by atoms with Gasteiger partial charge in [0.15, 0.2) is 0 Å². The van der Waals surface area contributed by atoms with Crippen LogP contribution >= 0.6 is 0 Å². The fourth-order valence-electron chi connectivity index (χ4n) is 4.57. The largest absolute Gasteiger partial charge is 0.327 e. The van der Waals surface area contributed by atoms with Crippen LogP contribution in [0.3, 0.4) is 0 Å². The molecule has 1 aliphatic carbocycles. The van der Waals surface area contributed by atoms with Gasteiger partial charge in [-0.05, 0) is 30.5 Å². The van der Waals surface area contributed by atoms with Crippen LogP contribution in [0.1, 0.15) is 37.7 Å². The first-order valence-corrected chi connectivity index (χ1v) is 10.8. The van der Waals surface area contributed by atoms with Crippen LogP contribution in [-0.4, -0.2) is 46.8 Å². The zero-order valence-electron chi connectivity index (χ0n) is 17.8. The lowest BCUT2D eigenvalue weighted by Gasteiger charge is -2.35. The van der Waals surface area contributed by atoms with Gasteiger partial charge in [-0.3, -0.25) is 24.9 Å². The topological polar surface area (TPSA) is 73.0 Å². The molecular weight excluding hydrogens is 392 g/mol. The summed E-state index contributed by atoms with van der Waals surface area (Å²) in [5.74, 6) is -0.646. The third-order valence-electron chi connectivity index (χ3n) is 6.30. The number of anilines is 1. The van der Waals surface area contributed by atoms with Crippen molar-refractivity contribution in [2.24, 2.45) is 0 Å². The Bertz CT molecular complexity index is 942. The van der Waals surface area contributed by atoms with E-state index in [9.17, 15) is 14.4 Å². The molecule has 0 aromatic heterocycles. The number of imide groups is 1. The van der Waals surface area contributed by atoms with E-state index in [1.54, 1.807) is 17.0 Å². The lowest BCUT2D eigenvalue weighted by atomic mass is 9.81. The fraction of sp³-hybridized carbons (Fsp3) is 0.375. The first-order chi connectivity index (χ1) is 15.0. The summed E-state index contributed by atoms with van der Waals surface area (Å²) in [6.07, 6.45) is 4.24. The van der Waals surface area contributed by atoms with Crippen molar-refractivity contribution in [2.45, 2.75) is 44.2 Å². The first-order valence-electron chi connectivity index (χ1n) is 10.8. The van der Waals surface area contributed by atoms with Gasteiger partial charge in [0.1, 0.15) is 12.1 Å². The number of rotatable bonds is 6. The summed E-state index contributed by atoms with van der Waals surface area (Å²) in [7, 11) is 1.68. The monoisotopic (exact) mass is 420 g/mol. The van der Waals surface area contributed by atoms with E-state index in [0.717, 1.165) is 35.4 Å². The van der Waals surface area contributed by atoms with Crippen molar-refractivity contribution in [2.75, 3.05) is 18.6 Å². The summed E-state index contributed by atoms with van der Waals surface area (Å²) >= 11 is 0. The molecule has 0 bridgehead atoms. The minimum Gasteiger partial charge on any atom is -0.313 e. The van der Waals surface area contributed by atoms with Gasteiger partial charge in [0.2, 0.25) is 0 Å². The van der Waals surface area contributed by atoms with Gasteiger partial charge in [0.05, 0.1) is 12.2 Å². The van der Waals surface area contributed by atoms with E-state index >= 15 is 0 Å². The smallest absolute Gasteiger partial charge is 0.313 e. The van der Waals surface area contributed by atoms with Crippen LogP contribution < -0.4 is 10.4 Å². The Hall–Kier alpha value is -3.35. The highest BCUT2D eigenvalue weighted by atomic mass is 16.2. The van der Waals surface area contributed by atoms with Crippen molar-refractivity contribution in [3.63, 3.8) is 0 Å². The Morgan fingerprint density at radius 3 is 2.23 bits per heavy atom. The van der Waals surface area contributed by atoms with E-state index < -0.39 is 17.5 Å². The van der Waals surface area contributed by atoms with Gasteiger partial charge in [-0.25, -0.2) is 4.79 Å². The lowest BCUT2D eigenvalue weighted by molar-refractivity contribution is -0.137. The molecule has 1 N–H and O–H groups in total. The number of benzene rings is 2. The number of hydrazine groups is 1. The number of carbonyl (C=O) groups excluding carboxylic acids is 3. The molecule has 0 atom stereocenters. The second kappa shape index (κ2) is 8.79. The molecule has 4 amide bonds. The maximum atomic E-state index is 13.2. The zero-order valence-corrected chi connectivity index (χ0v) is 17.8. The molecule has 1 saturated carbocycles. The number of nitrogens with one attached hydrogen (secondary N) is 1. The minimum atomic E-state index is -0.779. The van der Waals surface area contributed by atoms with Gasteiger partial charge in [0, 0.05) is 7.05 Å². The van der Waals surface area contributed by atoms with Crippen LogP contribution in [0.25, 0.3) is 0 Å². The van der Waals surface area contributed by atoms with Gasteiger partial charge in [-0.15, -0.1) is 0 Å². The van der Waals surface area contributed by atoms with E-state index in [-0.39, 0.29) is 12.5 Å². The van der Waals surface area contributed by atoms with E-state index in [1.165, 1.54) is 0 Å². The molecule has 2 aliphatic rings. The second-order valence-electron chi connectivity index (χ2n) is 8.27. The number of amides is 4. The molecular formula is C24H28N4O3. The zero-order chi connectivity index (χ0) is 21.8. The average molecular weight is 421 g/mol. The van der Waals surface area contributed by atoms with E-state index in [0.29, 0.717) is 19.4 Å². The minimum absolute atomic E-state index is 0.246. The van der Waals surface area contributed by atoms with Crippen LogP contribution in [0.4, 0.5) is 10.5 Å². The molecule has 7 nitrogen and oxygen atoms in total. The Labute approximate surface area is 182 Å². The van der Waals surface area contributed by atoms with Gasteiger partial charge in [-0.2, -0.15) is 0 Å². The highest BCUT2D eigenvalue weighted by Gasteiger charge is 2.55. The molecule has 1 saturated heterocycles. The van der Waals surface area contributed by atoms with Crippen molar-refractivity contribution in [3.05, 3.63) is 66.2 Å². The number of likely N-dealkylation sites (N-methyl/N-ethyl adjacent to an activating group) is 1. The quantitative estimate of drug-likeness (QED) is 0.575. The molecule has 1 spiro atoms. The molecule has 31 heavy (non-hydrogen) atoms. The fourth-order valence-corrected chi connectivity index (χ4v) is 4.57. The predicted octanol–water partition coefficient (Wildman–Crippen LogP) is 3.32. The van der Waals surface area contributed by atoms with E-state index in [4.69, 9.17) is 0 Å². The summed E-state index contributed by atoms with van der Waals surface area (Å²) in [4.78, 5) is 41.5. The van der Waals surface area contributed by atoms with Gasteiger partial charge in [-0.1, -0.05) is 67.8 Å². The summed E-state index contributed by atoms with van der Waals surface area (Å²) in [6.45, 7) is 0.171. The normalized spacial score (nSPS) is 17.8. The molecule has 162 valence electrons. The molecule has 0 unspecified atom stereocenters. The van der Waals surface area contributed by atoms with Crippen LogP contribution in [0.2, 0.25) is 0 Å². The summed E-state index contributed by atoms with van der Waals surface area (Å²) in [5.41, 5.74) is 3.95. The van der Waals surface area contributed by atoms with Crippen LogP contribution in [0, 0.1) is 0 Å². The maximum absolute atomic E-state index is 13.2. The third kappa shape index (κ3) is 4.13. The van der Waals surface area contributed by atoms with Crippen LogP contribution in [0.15, 0.2) is 60.7 Å². The Balaban J connectivity index is 1.49. The summed E-state index contributed by atoms with van der Waals surface area (Å²) < 4.78 is 0. The number of carbonyl (C=O) groups is 3. The van der Waals surface area contributed by atoms with Gasteiger partial charge in [0.25, 0.3) is 11.8 Å². The van der Waals surface area contributed by atoms with Gasteiger partial charge < -0.3 is 4.90 Å². The third-order valence-corrected chi connectivity index (χ3v) is 6.30. The van der Waals surface area contributed by atoms with Crippen molar-refractivity contribution in [1.82, 2.24) is 15.2 Å². The molecule has 1 heterocycles. The van der Waals surface area contributed by atoms with Crippen LogP contribution in [-0.2, 0) is 16.1 Å². The highest BCUT2D eigenvalue weighted by Crippen LogP contribution is 2.39. The van der Waals surface area contributed by atoms with Crippen molar-refractivity contribution in [3.8, 4) is 0 Å². The number of para-hydroxylation sites is 1. The molecule has 2 fully saturated rings. The predicted molar refractivity (Wildman–Crippen MR) is 118 cm³/mol. The number of urea groups is 1. The highest BCUT2D eigenvalue weighted by molar-refractivity contribution is 6.09. The summed E-state index contributed by atoms with van der Waals surface area (Å²) in [5, 5.41) is 1.74. The van der Waals surface area contributed by atoms with Crippen molar-refractivity contribution in [1.29, 1.82) is 0 Å². The first kappa shape index (κ1) is 20.9. The van der Waals surface area contributed by atoms with E-state index in [1.807, 2.05) is 60.7 Å². The number of hydrogen-bond donors (Lipinski definition) is 1. The molecule has 1 aliphatic heterocycles. The number of nitrogens with zero attached hydrogens (tertiary/aromatic N) is 3. The molecule has 2 aromatic carbocycles. The van der Waals surface area contributed by atoms with Crippen molar-refractivity contribution < 1.29 is 14.4 Å². The average Bonchev–Trinajstić information content (AvgIpc) is 2.97. The van der Waals surface area contributed by atoms with Crippen molar-refractivity contribution >= 4 is 23.5 Å². The SMILES string of the molecule is CN1C(=O)N(CC(=O)NN(Cc2ccccc2)c2ccccc2)C(=O)C12CCCCC2. The van der Waals surface area contributed by atoms with E-state index in [2.05, 4.69) is 5.43 Å². The maximum Gasteiger partial charge on any atom is 0.327 e. The standard InChI is InChI=1S/C24H28N4O3/c1-26-23(31)27(22(30)24(26)15-9-4-10-16-24)18-21(29)25-28(20-13-7-3-8-14-20)17-19-11-5-2-6-12-19/h2-3,5-8,11-14H,4,9-10,15-18H2,1H3,(H,25,29). The Morgan fingerprint density at radius 1 is 0.968 bits per heavy atom. The lowest BCUT2D eigenvalue weighted by Crippen LogP contribution is -2.50. The summed E-state index contributed by atoms with van der Waals surface area (Å²) in [6, 6.07) is 18.9. The van der Waals surface area contributed by atoms with Gasteiger partial charge >= 0.3 is 6.03 Å². The molecule has 7 heteroatoms. The van der Waals surface area contributed by atoms with Crippen LogP contribution in [0.5, 0.6) is 0 Å². The number of hydrogen-bond acceptors (Lipinski definition) is 4. The molecule has 0 radical (unpaired) electrons. The Morgan fingerprint density at radius 2 is 1.58 bits per heavy atom. The molecule has 4 rings (SSSR count). The molecule has 2 aromatic rings. The Kier molecular flexibility index (Phi) is 5.93.